The van der Waals surface area contributed by atoms with Crippen molar-refractivity contribution in [1.82, 2.24) is 9.29 Å². The lowest BCUT2D eigenvalue weighted by Crippen LogP contribution is -2.26. The van der Waals surface area contributed by atoms with Crippen LogP contribution in [0.25, 0.3) is 10.9 Å². The average Bonchev–Trinajstić information content (AvgIpc) is 2.72. The Morgan fingerprint density at radius 1 is 1.50 bits per heavy atom. The molecule has 96 valence electrons. The maximum absolute atomic E-state index is 12.3. The van der Waals surface area contributed by atoms with Gasteiger partial charge >= 0.3 is 0 Å². The highest BCUT2D eigenvalue weighted by atomic mass is 32.2. The Balaban J connectivity index is 2.58. The fourth-order valence-electron chi connectivity index (χ4n) is 1.78. The number of hydrogen-bond donors (Lipinski definition) is 2. The van der Waals surface area contributed by atoms with Crippen molar-refractivity contribution in [2.24, 2.45) is 0 Å². The Hall–Kier alpha value is -1.79. The van der Waals surface area contributed by atoms with Crippen molar-refractivity contribution in [2.75, 3.05) is 19.3 Å². The molecule has 2 rings (SSSR count). The predicted molar refractivity (Wildman–Crippen MR) is 72.7 cm³/mol. The van der Waals surface area contributed by atoms with Crippen molar-refractivity contribution < 1.29 is 8.42 Å². The van der Waals surface area contributed by atoms with E-state index in [-0.39, 0.29) is 11.4 Å². The number of sulfonamides is 1. The highest BCUT2D eigenvalue weighted by Crippen LogP contribution is 2.26. The Kier molecular flexibility index (Phi) is 3.14. The van der Waals surface area contributed by atoms with Crippen molar-refractivity contribution >= 4 is 26.6 Å². The van der Waals surface area contributed by atoms with Crippen LogP contribution in [0.1, 0.15) is 0 Å². The Morgan fingerprint density at radius 3 is 2.89 bits per heavy atom. The van der Waals surface area contributed by atoms with Crippen LogP contribution < -0.4 is 5.73 Å². The lowest BCUT2D eigenvalue weighted by molar-refractivity contribution is 0.500. The van der Waals surface area contributed by atoms with Gasteiger partial charge in [0.05, 0.1) is 0 Å². The molecule has 1 heterocycles. The number of rotatable bonds is 4. The second-order valence-corrected chi connectivity index (χ2v) is 6.05. The molecule has 0 fully saturated rings. The molecular formula is C12H15N3O2S. The average molecular weight is 265 g/mol. The second-order valence-electron chi connectivity index (χ2n) is 4.03. The fraction of sp³-hybridized carbons (Fsp3) is 0.167. The number of aromatic nitrogens is 1. The van der Waals surface area contributed by atoms with Crippen LogP contribution in [0.2, 0.25) is 0 Å². The molecule has 0 saturated carbocycles. The van der Waals surface area contributed by atoms with Crippen LogP contribution in [0.5, 0.6) is 0 Å². The van der Waals surface area contributed by atoms with E-state index in [2.05, 4.69) is 11.6 Å². The van der Waals surface area contributed by atoms with E-state index in [9.17, 15) is 8.42 Å². The van der Waals surface area contributed by atoms with Crippen molar-refractivity contribution in [2.45, 2.75) is 4.90 Å². The zero-order valence-electron chi connectivity index (χ0n) is 10.1. The molecule has 1 aromatic heterocycles. The van der Waals surface area contributed by atoms with E-state index in [1.807, 2.05) is 0 Å². The highest BCUT2D eigenvalue weighted by molar-refractivity contribution is 7.89. The van der Waals surface area contributed by atoms with E-state index in [0.717, 1.165) is 0 Å². The number of nitrogens with one attached hydrogen (secondary N) is 1. The molecule has 0 aliphatic carbocycles. The van der Waals surface area contributed by atoms with Gasteiger partial charge in [0.1, 0.15) is 4.90 Å². The van der Waals surface area contributed by atoms with Gasteiger partial charge in [-0.2, -0.15) is 4.31 Å². The Labute approximate surface area is 106 Å². The third-order valence-corrected chi connectivity index (χ3v) is 4.61. The molecule has 0 aliphatic heterocycles. The standard InChI is InChI=1S/C12H15N3O2S/c1-3-6-15(2)18(16,17)12-8-14-11-7-9(13)4-5-10(11)12/h3-5,7-8,14H,1,6,13H2,2H3. The number of hydrogen-bond acceptors (Lipinski definition) is 3. The van der Waals surface area contributed by atoms with Crippen LogP contribution >= 0.6 is 0 Å². The molecule has 3 N–H and O–H groups in total. The van der Waals surface area contributed by atoms with Gasteiger partial charge in [0.15, 0.2) is 0 Å². The summed E-state index contributed by atoms with van der Waals surface area (Å²) in [6.07, 6.45) is 3.03. The van der Waals surface area contributed by atoms with E-state index in [4.69, 9.17) is 5.73 Å². The van der Waals surface area contributed by atoms with E-state index in [1.165, 1.54) is 17.5 Å². The zero-order chi connectivity index (χ0) is 13.3. The monoisotopic (exact) mass is 265 g/mol. The largest absolute Gasteiger partial charge is 0.399 e. The number of H-pyrrole nitrogens is 1. The van der Waals surface area contributed by atoms with Gasteiger partial charge in [0, 0.05) is 36.4 Å². The van der Waals surface area contributed by atoms with Gasteiger partial charge in [-0.25, -0.2) is 8.42 Å². The third kappa shape index (κ3) is 2.00. The number of nitrogens with two attached hydrogens (primary N) is 1. The Bertz CT molecular complexity index is 688. The van der Waals surface area contributed by atoms with E-state index >= 15 is 0 Å². The molecule has 0 radical (unpaired) electrons. The van der Waals surface area contributed by atoms with E-state index in [1.54, 1.807) is 24.3 Å². The number of nitrogen functional groups attached to an aromatic ring is 1. The molecule has 0 saturated heterocycles. The van der Waals surface area contributed by atoms with Crippen LogP contribution in [0, 0.1) is 0 Å². The molecule has 0 atom stereocenters. The molecule has 1 aromatic carbocycles. The van der Waals surface area contributed by atoms with Crippen molar-refractivity contribution in [3.8, 4) is 0 Å². The SMILES string of the molecule is C=CCN(C)S(=O)(=O)c1c[nH]c2cc(N)ccc12. The first-order valence-corrected chi connectivity index (χ1v) is 6.84. The first kappa shape index (κ1) is 12.7. The van der Waals surface area contributed by atoms with Crippen LogP contribution in [-0.4, -0.2) is 31.3 Å². The molecule has 5 nitrogen and oxygen atoms in total. The number of likely N-dealkylation sites (N-methyl/N-ethyl adjacent to an activating group) is 1. The number of aromatic amines is 1. The van der Waals surface area contributed by atoms with Gasteiger partial charge in [-0.05, 0) is 18.2 Å². The zero-order valence-corrected chi connectivity index (χ0v) is 10.9. The number of nitrogens with zero attached hydrogens (tertiary/aromatic N) is 1. The number of benzene rings is 1. The summed E-state index contributed by atoms with van der Waals surface area (Å²) < 4.78 is 25.9. The topological polar surface area (TPSA) is 79.2 Å². The first-order valence-electron chi connectivity index (χ1n) is 5.40. The van der Waals surface area contributed by atoms with E-state index < -0.39 is 10.0 Å². The van der Waals surface area contributed by atoms with Crippen molar-refractivity contribution in [3.05, 3.63) is 37.1 Å². The Morgan fingerprint density at radius 2 is 2.22 bits per heavy atom. The summed E-state index contributed by atoms with van der Waals surface area (Å²) in [4.78, 5) is 3.17. The summed E-state index contributed by atoms with van der Waals surface area (Å²) in [5.74, 6) is 0. The molecule has 18 heavy (non-hydrogen) atoms. The molecule has 6 heteroatoms. The minimum Gasteiger partial charge on any atom is -0.399 e. The second kappa shape index (κ2) is 4.47. The molecule has 0 amide bonds. The van der Waals surface area contributed by atoms with Gasteiger partial charge in [0.25, 0.3) is 0 Å². The van der Waals surface area contributed by atoms with E-state index in [0.29, 0.717) is 16.6 Å². The summed E-state index contributed by atoms with van der Waals surface area (Å²) in [6, 6.07) is 5.10. The highest BCUT2D eigenvalue weighted by Gasteiger charge is 2.23. The van der Waals surface area contributed by atoms with Gasteiger partial charge in [0.2, 0.25) is 10.0 Å². The quantitative estimate of drug-likeness (QED) is 0.650. The normalized spacial score (nSPS) is 12.1. The first-order chi connectivity index (χ1) is 8.46. The summed E-state index contributed by atoms with van der Waals surface area (Å²) >= 11 is 0. The summed E-state index contributed by atoms with van der Waals surface area (Å²) in [5, 5.41) is 0.639. The molecular weight excluding hydrogens is 250 g/mol. The molecule has 0 aliphatic rings. The van der Waals surface area contributed by atoms with Crippen LogP contribution in [0.3, 0.4) is 0 Å². The van der Waals surface area contributed by atoms with Gasteiger partial charge < -0.3 is 10.7 Å². The minimum atomic E-state index is -3.51. The van der Waals surface area contributed by atoms with Crippen molar-refractivity contribution in [1.29, 1.82) is 0 Å². The minimum absolute atomic E-state index is 0.252. The predicted octanol–water partition coefficient (Wildman–Crippen LogP) is 1.56. The van der Waals surface area contributed by atoms with Crippen LogP contribution in [0.4, 0.5) is 5.69 Å². The van der Waals surface area contributed by atoms with Crippen LogP contribution in [0.15, 0.2) is 41.9 Å². The smallest absolute Gasteiger partial charge is 0.245 e. The number of anilines is 1. The maximum atomic E-state index is 12.3. The van der Waals surface area contributed by atoms with Crippen molar-refractivity contribution in [3.63, 3.8) is 0 Å². The van der Waals surface area contributed by atoms with Gasteiger partial charge in [-0.1, -0.05) is 6.08 Å². The third-order valence-electron chi connectivity index (χ3n) is 2.74. The fourth-order valence-corrected chi connectivity index (χ4v) is 3.08. The summed E-state index contributed by atoms with van der Waals surface area (Å²) in [5.41, 5.74) is 6.96. The summed E-state index contributed by atoms with van der Waals surface area (Å²) in [6.45, 7) is 3.81. The maximum Gasteiger partial charge on any atom is 0.245 e. The van der Waals surface area contributed by atoms with Gasteiger partial charge in [-0.3, -0.25) is 0 Å². The molecule has 0 spiro atoms. The number of fused-ring (bicyclic) bond motifs is 1. The lowest BCUT2D eigenvalue weighted by atomic mass is 10.2. The molecule has 0 unspecified atom stereocenters. The lowest BCUT2D eigenvalue weighted by Gasteiger charge is -2.14. The summed E-state index contributed by atoms with van der Waals surface area (Å²) in [7, 11) is -1.99. The van der Waals surface area contributed by atoms with Crippen LogP contribution in [-0.2, 0) is 10.0 Å². The van der Waals surface area contributed by atoms with Gasteiger partial charge in [-0.15, -0.1) is 6.58 Å². The molecule has 2 aromatic rings. The molecule has 0 bridgehead atoms.